The van der Waals surface area contributed by atoms with E-state index in [1.165, 1.54) is 13.0 Å². The van der Waals surface area contributed by atoms with Crippen molar-refractivity contribution in [3.05, 3.63) is 12.7 Å². The van der Waals surface area contributed by atoms with E-state index < -0.39 is 79.7 Å². The number of amides is 5. The summed E-state index contributed by atoms with van der Waals surface area (Å²) in [6, 6.07) is -3.17. The van der Waals surface area contributed by atoms with E-state index in [4.69, 9.17) is 11.5 Å². The van der Waals surface area contributed by atoms with Gasteiger partial charge in [0.1, 0.15) is 12.3 Å². The van der Waals surface area contributed by atoms with Crippen LogP contribution in [0.2, 0.25) is 0 Å². The van der Waals surface area contributed by atoms with Gasteiger partial charge in [0.25, 0.3) is 0 Å². The van der Waals surface area contributed by atoms with Gasteiger partial charge in [-0.25, -0.2) is 0 Å². The number of carbonyl (C=O) groups excluding carboxylic acids is 6. The van der Waals surface area contributed by atoms with Crippen LogP contribution in [0.4, 0.5) is 0 Å². The van der Waals surface area contributed by atoms with Gasteiger partial charge in [-0.05, 0) is 32.7 Å². The average Bonchev–Trinajstić information content (AvgIpc) is 2.83. The van der Waals surface area contributed by atoms with Gasteiger partial charge < -0.3 is 47.5 Å². The number of hydrogen-bond donors (Lipinski definition) is 7. The second-order valence-electron chi connectivity index (χ2n) is 8.10. The van der Waals surface area contributed by atoms with Crippen LogP contribution in [0.3, 0.4) is 0 Å². The number of unbranched alkanes of at least 4 members (excludes halogenated alkanes) is 1. The number of nitrogens with zero attached hydrogens (tertiary/aromatic N) is 1. The fraction of sp³-hybridized carbons (Fsp3) is 0.591. The van der Waals surface area contributed by atoms with Gasteiger partial charge in [0.15, 0.2) is 0 Å². The first-order valence-electron chi connectivity index (χ1n) is 11.6. The SMILES string of the molecule is C=CCN(CC(=O)N[C@H](C=O)CCCCN)C(=O)[C@H](CC(=O)O)NC(=O)CNC(=O)CNC(=O)[C@H](C)N. The molecule has 0 saturated heterocycles. The Labute approximate surface area is 214 Å². The molecule has 3 atom stereocenters. The third-order valence-corrected chi connectivity index (χ3v) is 4.77. The van der Waals surface area contributed by atoms with Crippen molar-refractivity contribution < 1.29 is 38.7 Å². The van der Waals surface area contributed by atoms with E-state index in [2.05, 4.69) is 27.8 Å². The zero-order valence-electron chi connectivity index (χ0n) is 20.9. The molecule has 0 saturated carbocycles. The van der Waals surface area contributed by atoms with Gasteiger partial charge >= 0.3 is 5.97 Å². The first-order chi connectivity index (χ1) is 17.4. The van der Waals surface area contributed by atoms with Crippen molar-refractivity contribution in [3.63, 3.8) is 0 Å². The summed E-state index contributed by atoms with van der Waals surface area (Å²) in [4.78, 5) is 84.3. The summed E-state index contributed by atoms with van der Waals surface area (Å²) in [6.07, 6.45) is 2.71. The predicted octanol–water partition coefficient (Wildman–Crippen LogP) is -3.65. The van der Waals surface area contributed by atoms with Crippen LogP contribution in [0.1, 0.15) is 32.6 Å². The lowest BCUT2D eigenvalue weighted by Gasteiger charge is -2.26. The first kappa shape index (κ1) is 33.1. The highest BCUT2D eigenvalue weighted by Crippen LogP contribution is 2.03. The molecule has 9 N–H and O–H groups in total. The molecule has 0 unspecified atom stereocenters. The van der Waals surface area contributed by atoms with Crippen LogP contribution >= 0.6 is 0 Å². The monoisotopic (exact) mass is 527 g/mol. The van der Waals surface area contributed by atoms with Crippen molar-refractivity contribution in [1.82, 2.24) is 26.2 Å². The van der Waals surface area contributed by atoms with Crippen LogP contribution in [0.5, 0.6) is 0 Å². The molecule has 0 aromatic carbocycles. The van der Waals surface area contributed by atoms with E-state index in [-0.39, 0.29) is 6.54 Å². The van der Waals surface area contributed by atoms with Crippen molar-refractivity contribution in [2.24, 2.45) is 11.5 Å². The molecular formula is C22H37N7O8. The van der Waals surface area contributed by atoms with Crippen LogP contribution in [0.15, 0.2) is 12.7 Å². The van der Waals surface area contributed by atoms with Gasteiger partial charge in [0.2, 0.25) is 29.5 Å². The minimum Gasteiger partial charge on any atom is -0.481 e. The van der Waals surface area contributed by atoms with E-state index in [1.807, 2.05) is 0 Å². The molecule has 0 heterocycles. The fourth-order valence-corrected chi connectivity index (χ4v) is 2.91. The van der Waals surface area contributed by atoms with Gasteiger partial charge in [-0.15, -0.1) is 6.58 Å². The molecule has 208 valence electrons. The van der Waals surface area contributed by atoms with E-state index >= 15 is 0 Å². The lowest BCUT2D eigenvalue weighted by Crippen LogP contribution is -2.54. The number of carboxylic acids is 1. The smallest absolute Gasteiger partial charge is 0.305 e. The number of aldehydes is 1. The van der Waals surface area contributed by atoms with E-state index in [0.717, 1.165) is 4.90 Å². The second kappa shape index (κ2) is 18.4. The molecule has 0 radical (unpaired) electrons. The van der Waals surface area contributed by atoms with Crippen LogP contribution in [0.25, 0.3) is 0 Å². The number of carboxylic acid groups (broad SMARTS) is 1. The van der Waals surface area contributed by atoms with Crippen LogP contribution in [0, 0.1) is 0 Å². The molecular weight excluding hydrogens is 490 g/mol. The van der Waals surface area contributed by atoms with E-state index in [1.54, 1.807) is 0 Å². The molecule has 15 nitrogen and oxygen atoms in total. The largest absolute Gasteiger partial charge is 0.481 e. The highest BCUT2D eigenvalue weighted by atomic mass is 16.4. The topological polar surface area (TPSA) is 243 Å². The van der Waals surface area contributed by atoms with Crippen LogP contribution < -0.4 is 32.7 Å². The van der Waals surface area contributed by atoms with Crippen molar-refractivity contribution in [2.75, 3.05) is 32.7 Å². The Morgan fingerprint density at radius 2 is 1.65 bits per heavy atom. The van der Waals surface area contributed by atoms with Crippen molar-refractivity contribution >= 4 is 41.8 Å². The Balaban J connectivity index is 5.12. The highest BCUT2D eigenvalue weighted by molar-refractivity contribution is 5.94. The van der Waals surface area contributed by atoms with Gasteiger partial charge in [0, 0.05) is 6.54 Å². The maximum Gasteiger partial charge on any atom is 0.305 e. The zero-order valence-corrected chi connectivity index (χ0v) is 20.9. The Kier molecular flexibility index (Phi) is 16.5. The molecule has 15 heteroatoms. The van der Waals surface area contributed by atoms with Crippen molar-refractivity contribution in [1.29, 1.82) is 0 Å². The Hall–Kier alpha value is -3.85. The molecule has 0 aromatic heterocycles. The Morgan fingerprint density at radius 3 is 2.19 bits per heavy atom. The standard InChI is InChI=1S/C22H37N7O8/c1-3-8-29(12-19(33)27-15(13-30)6-4-5-7-23)22(37)16(9-20(34)35)28-18(32)11-25-17(31)10-26-21(36)14(2)24/h3,13-16H,1,4-12,23-24H2,2H3,(H,25,31)(H,26,36)(H,27,33)(H,28,32)(H,34,35)/t14-,15-,16-/m0/s1. The molecule has 0 aliphatic carbocycles. The van der Waals surface area contributed by atoms with Gasteiger partial charge in [0.05, 0.1) is 38.1 Å². The highest BCUT2D eigenvalue weighted by Gasteiger charge is 2.29. The summed E-state index contributed by atoms with van der Waals surface area (Å²) in [6.45, 7) is 3.64. The Bertz CT molecular complexity index is 834. The fourth-order valence-electron chi connectivity index (χ4n) is 2.91. The lowest BCUT2D eigenvalue weighted by atomic mass is 10.1. The number of carbonyl (C=O) groups is 7. The van der Waals surface area contributed by atoms with Crippen molar-refractivity contribution in [3.8, 4) is 0 Å². The summed E-state index contributed by atoms with van der Waals surface area (Å²) in [7, 11) is 0. The lowest BCUT2D eigenvalue weighted by molar-refractivity contribution is -0.144. The average molecular weight is 528 g/mol. The number of aliphatic carboxylic acids is 1. The van der Waals surface area contributed by atoms with Crippen LogP contribution in [-0.2, 0) is 33.6 Å². The molecule has 37 heavy (non-hydrogen) atoms. The molecule has 0 aliphatic heterocycles. The maximum absolute atomic E-state index is 13.0. The summed E-state index contributed by atoms with van der Waals surface area (Å²) in [5.41, 5.74) is 10.8. The first-order valence-corrected chi connectivity index (χ1v) is 11.6. The summed E-state index contributed by atoms with van der Waals surface area (Å²) < 4.78 is 0. The van der Waals surface area contributed by atoms with Crippen LogP contribution in [-0.4, -0.2) is 103 Å². The molecule has 0 rings (SSSR count). The number of hydrogen-bond acceptors (Lipinski definition) is 9. The van der Waals surface area contributed by atoms with Gasteiger partial charge in [-0.3, -0.25) is 28.8 Å². The summed E-state index contributed by atoms with van der Waals surface area (Å²) in [5.74, 6) is -5.12. The van der Waals surface area contributed by atoms with Crippen molar-refractivity contribution in [2.45, 2.75) is 50.7 Å². The molecule has 0 bridgehead atoms. The van der Waals surface area contributed by atoms with Gasteiger partial charge in [-0.1, -0.05) is 6.08 Å². The minimum atomic E-state index is -1.56. The normalized spacial score (nSPS) is 12.7. The van der Waals surface area contributed by atoms with Gasteiger partial charge in [-0.2, -0.15) is 0 Å². The molecule has 0 aromatic rings. The molecule has 0 fully saturated rings. The Morgan fingerprint density at radius 1 is 1.00 bits per heavy atom. The minimum absolute atomic E-state index is 0.146. The third-order valence-electron chi connectivity index (χ3n) is 4.77. The van der Waals surface area contributed by atoms with E-state index in [9.17, 15) is 38.7 Å². The summed E-state index contributed by atoms with van der Waals surface area (Å²) in [5, 5.41) is 18.3. The third kappa shape index (κ3) is 15.0. The maximum atomic E-state index is 13.0. The zero-order chi connectivity index (χ0) is 28.4. The van der Waals surface area contributed by atoms with E-state index in [0.29, 0.717) is 32.1 Å². The quantitative estimate of drug-likeness (QED) is 0.0493. The number of rotatable bonds is 19. The second-order valence-corrected chi connectivity index (χ2v) is 8.10. The molecule has 0 spiro atoms. The molecule has 5 amide bonds. The number of nitrogens with two attached hydrogens (primary N) is 2. The number of nitrogens with one attached hydrogen (secondary N) is 4. The predicted molar refractivity (Wildman–Crippen MR) is 132 cm³/mol. The summed E-state index contributed by atoms with van der Waals surface area (Å²) >= 11 is 0. The molecule has 0 aliphatic rings.